The molecule has 2 heterocycles. The molecule has 3 rings (SSSR count). The minimum atomic E-state index is 0.193. The quantitative estimate of drug-likeness (QED) is 0.641. The molecule has 1 aromatic carbocycles. The van der Waals surface area contributed by atoms with Crippen molar-refractivity contribution in [1.82, 2.24) is 9.97 Å². The molecule has 3 heteroatoms. The van der Waals surface area contributed by atoms with Crippen molar-refractivity contribution in [3.8, 4) is 11.1 Å². The molecule has 0 amide bonds. The minimum Gasteiger partial charge on any atom is -0.244 e. The molecular formula is C16H16N2S. The number of benzene rings is 1. The van der Waals surface area contributed by atoms with E-state index in [4.69, 9.17) is 0 Å². The Morgan fingerprint density at radius 3 is 2.47 bits per heavy atom. The van der Waals surface area contributed by atoms with Gasteiger partial charge in [-0.25, -0.2) is 9.97 Å². The predicted octanol–water partition coefficient (Wildman–Crippen LogP) is 4.66. The highest BCUT2D eigenvalue weighted by atomic mass is 32.1. The molecule has 0 aliphatic rings. The van der Waals surface area contributed by atoms with Gasteiger partial charge in [0.05, 0.1) is 0 Å². The molecule has 2 nitrogen and oxygen atoms in total. The standard InChI is InChI=1S/C16H16N2S/c1-16(2,3)12-6-4-11(5-7-12)14-9-19-15-13(14)8-17-10-18-15/h4-10H,1-3H3. The van der Waals surface area contributed by atoms with Crippen LogP contribution in [0, 0.1) is 0 Å². The molecular weight excluding hydrogens is 252 g/mol. The molecule has 0 fully saturated rings. The Morgan fingerprint density at radius 1 is 1.05 bits per heavy atom. The van der Waals surface area contributed by atoms with Gasteiger partial charge in [-0.15, -0.1) is 11.3 Å². The minimum absolute atomic E-state index is 0.193. The van der Waals surface area contributed by atoms with Crippen LogP contribution in [0.4, 0.5) is 0 Å². The number of hydrogen-bond donors (Lipinski definition) is 0. The van der Waals surface area contributed by atoms with Crippen LogP contribution in [0.15, 0.2) is 42.2 Å². The summed E-state index contributed by atoms with van der Waals surface area (Å²) in [6.45, 7) is 6.70. The summed E-state index contributed by atoms with van der Waals surface area (Å²) in [7, 11) is 0. The maximum absolute atomic E-state index is 4.29. The van der Waals surface area contributed by atoms with E-state index in [1.807, 2.05) is 6.20 Å². The second-order valence-electron chi connectivity index (χ2n) is 5.72. The Balaban J connectivity index is 2.07. The topological polar surface area (TPSA) is 25.8 Å². The van der Waals surface area contributed by atoms with E-state index in [-0.39, 0.29) is 5.41 Å². The zero-order valence-corrected chi connectivity index (χ0v) is 12.2. The van der Waals surface area contributed by atoms with Crippen LogP contribution in [0.3, 0.4) is 0 Å². The molecule has 0 spiro atoms. The fourth-order valence-electron chi connectivity index (χ4n) is 2.15. The Labute approximate surface area is 117 Å². The third-order valence-corrected chi connectivity index (χ3v) is 4.22. The summed E-state index contributed by atoms with van der Waals surface area (Å²) in [4.78, 5) is 9.46. The molecule has 3 aromatic rings. The van der Waals surface area contributed by atoms with Crippen LogP contribution in [0.2, 0.25) is 0 Å². The fourth-order valence-corrected chi connectivity index (χ4v) is 3.04. The third-order valence-electron chi connectivity index (χ3n) is 3.32. The lowest BCUT2D eigenvalue weighted by Crippen LogP contribution is -2.10. The van der Waals surface area contributed by atoms with Crippen molar-refractivity contribution in [2.24, 2.45) is 0 Å². The molecule has 96 valence electrons. The van der Waals surface area contributed by atoms with Crippen LogP contribution in [-0.2, 0) is 5.41 Å². The van der Waals surface area contributed by atoms with Gasteiger partial charge in [0.25, 0.3) is 0 Å². The van der Waals surface area contributed by atoms with Crippen molar-refractivity contribution in [1.29, 1.82) is 0 Å². The lowest BCUT2D eigenvalue weighted by atomic mass is 9.86. The highest BCUT2D eigenvalue weighted by Gasteiger charge is 2.14. The normalized spacial score (nSPS) is 11.9. The first-order chi connectivity index (χ1) is 9.05. The first-order valence-electron chi connectivity index (χ1n) is 6.34. The number of aromatic nitrogens is 2. The zero-order valence-electron chi connectivity index (χ0n) is 11.3. The average Bonchev–Trinajstić information content (AvgIpc) is 2.82. The molecule has 19 heavy (non-hydrogen) atoms. The van der Waals surface area contributed by atoms with E-state index in [1.165, 1.54) is 16.7 Å². The van der Waals surface area contributed by atoms with Gasteiger partial charge in [-0.05, 0) is 16.5 Å². The number of rotatable bonds is 1. The van der Waals surface area contributed by atoms with Gasteiger partial charge in [0, 0.05) is 22.5 Å². The lowest BCUT2D eigenvalue weighted by Gasteiger charge is -2.19. The molecule has 2 aromatic heterocycles. The number of nitrogens with zero attached hydrogens (tertiary/aromatic N) is 2. The molecule has 0 aliphatic heterocycles. The summed E-state index contributed by atoms with van der Waals surface area (Å²) in [5.74, 6) is 0. The van der Waals surface area contributed by atoms with E-state index >= 15 is 0 Å². The predicted molar refractivity (Wildman–Crippen MR) is 81.6 cm³/mol. The van der Waals surface area contributed by atoms with Crippen LogP contribution < -0.4 is 0 Å². The molecule has 0 atom stereocenters. The van der Waals surface area contributed by atoms with E-state index in [0.717, 1.165) is 10.2 Å². The van der Waals surface area contributed by atoms with Crippen LogP contribution in [0.1, 0.15) is 26.3 Å². The van der Waals surface area contributed by atoms with Gasteiger partial charge in [0.2, 0.25) is 0 Å². The maximum Gasteiger partial charge on any atom is 0.127 e. The first kappa shape index (κ1) is 12.3. The average molecular weight is 268 g/mol. The van der Waals surface area contributed by atoms with Gasteiger partial charge >= 0.3 is 0 Å². The smallest absolute Gasteiger partial charge is 0.127 e. The van der Waals surface area contributed by atoms with Crippen molar-refractivity contribution in [3.05, 3.63) is 47.7 Å². The highest BCUT2D eigenvalue weighted by Crippen LogP contribution is 2.33. The van der Waals surface area contributed by atoms with E-state index in [2.05, 4.69) is 60.4 Å². The summed E-state index contributed by atoms with van der Waals surface area (Å²) in [6.07, 6.45) is 3.50. The van der Waals surface area contributed by atoms with Crippen molar-refractivity contribution >= 4 is 21.6 Å². The molecule has 0 unspecified atom stereocenters. The van der Waals surface area contributed by atoms with E-state index in [9.17, 15) is 0 Å². The van der Waals surface area contributed by atoms with Gasteiger partial charge in [-0.3, -0.25) is 0 Å². The van der Waals surface area contributed by atoms with Gasteiger partial charge in [0.1, 0.15) is 11.2 Å². The van der Waals surface area contributed by atoms with Crippen LogP contribution in [0.25, 0.3) is 21.3 Å². The van der Waals surface area contributed by atoms with Gasteiger partial charge in [-0.2, -0.15) is 0 Å². The second kappa shape index (κ2) is 4.42. The van der Waals surface area contributed by atoms with Crippen molar-refractivity contribution in [2.45, 2.75) is 26.2 Å². The lowest BCUT2D eigenvalue weighted by molar-refractivity contribution is 0.590. The van der Waals surface area contributed by atoms with Crippen molar-refractivity contribution in [3.63, 3.8) is 0 Å². The third kappa shape index (κ3) is 2.26. The molecule has 0 radical (unpaired) electrons. The van der Waals surface area contributed by atoms with Crippen molar-refractivity contribution in [2.75, 3.05) is 0 Å². The van der Waals surface area contributed by atoms with E-state index in [1.54, 1.807) is 17.7 Å². The van der Waals surface area contributed by atoms with Gasteiger partial charge < -0.3 is 0 Å². The monoisotopic (exact) mass is 268 g/mol. The van der Waals surface area contributed by atoms with Crippen LogP contribution in [-0.4, -0.2) is 9.97 Å². The summed E-state index contributed by atoms with van der Waals surface area (Å²) < 4.78 is 0. The summed E-state index contributed by atoms with van der Waals surface area (Å²) >= 11 is 1.67. The van der Waals surface area contributed by atoms with Gasteiger partial charge in [0.15, 0.2) is 0 Å². The fraction of sp³-hybridized carbons (Fsp3) is 0.250. The van der Waals surface area contributed by atoms with Crippen LogP contribution >= 0.6 is 11.3 Å². The Bertz CT molecular complexity index is 705. The molecule has 0 saturated heterocycles. The summed E-state index contributed by atoms with van der Waals surface area (Å²) in [5.41, 5.74) is 4.00. The van der Waals surface area contributed by atoms with Crippen LogP contribution in [0.5, 0.6) is 0 Å². The van der Waals surface area contributed by atoms with E-state index in [0.29, 0.717) is 0 Å². The Kier molecular flexibility index (Phi) is 2.86. The number of fused-ring (bicyclic) bond motifs is 1. The molecule has 0 N–H and O–H groups in total. The second-order valence-corrected chi connectivity index (χ2v) is 6.58. The first-order valence-corrected chi connectivity index (χ1v) is 7.22. The Hall–Kier alpha value is -1.74. The zero-order chi connectivity index (χ0) is 13.5. The summed E-state index contributed by atoms with van der Waals surface area (Å²) in [6, 6.07) is 8.80. The SMILES string of the molecule is CC(C)(C)c1ccc(-c2csc3ncncc23)cc1. The van der Waals surface area contributed by atoms with Crippen molar-refractivity contribution < 1.29 is 0 Å². The van der Waals surface area contributed by atoms with Gasteiger partial charge in [-0.1, -0.05) is 45.0 Å². The maximum atomic E-state index is 4.29. The largest absolute Gasteiger partial charge is 0.244 e. The van der Waals surface area contributed by atoms with E-state index < -0.39 is 0 Å². The number of hydrogen-bond acceptors (Lipinski definition) is 3. The highest BCUT2D eigenvalue weighted by molar-refractivity contribution is 7.17. The Morgan fingerprint density at radius 2 is 1.79 bits per heavy atom. The molecule has 0 aliphatic carbocycles. The molecule has 0 bridgehead atoms. The molecule has 0 saturated carbocycles. The number of thiophene rings is 1. The summed E-state index contributed by atoms with van der Waals surface area (Å²) in [5, 5.41) is 3.29.